The zero-order chi connectivity index (χ0) is 19.0. The van der Waals surface area contributed by atoms with Gasteiger partial charge in [-0.3, -0.25) is 14.5 Å². The monoisotopic (exact) mass is 400 g/mol. The van der Waals surface area contributed by atoms with Crippen molar-refractivity contribution in [3.63, 3.8) is 0 Å². The molecule has 2 amide bonds. The number of benzene rings is 1. The van der Waals surface area contributed by atoms with Crippen LogP contribution in [0.5, 0.6) is 0 Å². The molecule has 1 aromatic carbocycles. The fourth-order valence-corrected chi connectivity index (χ4v) is 5.35. The molecule has 2 N–H and O–H groups in total. The van der Waals surface area contributed by atoms with E-state index in [1.807, 2.05) is 47.8 Å². The zero-order valence-electron chi connectivity index (χ0n) is 14.1. The first kappa shape index (κ1) is 17.8. The number of aliphatic carboxylic acids is 1. The number of carbonyl (C=O) groups excluding carboxylic acids is 2. The molecule has 27 heavy (non-hydrogen) atoms. The van der Waals surface area contributed by atoms with Gasteiger partial charge in [0.05, 0.1) is 6.42 Å². The Morgan fingerprint density at radius 2 is 1.96 bits per heavy atom. The van der Waals surface area contributed by atoms with Crippen LogP contribution in [0.2, 0.25) is 0 Å². The van der Waals surface area contributed by atoms with Gasteiger partial charge in [0.1, 0.15) is 17.1 Å². The lowest BCUT2D eigenvalue weighted by atomic mass is 9.99. The molecule has 1 aromatic heterocycles. The minimum absolute atomic E-state index is 0.0127. The Bertz CT molecular complexity index is 924. The van der Waals surface area contributed by atoms with Gasteiger partial charge in [-0.2, -0.15) is 0 Å². The first-order valence-electron chi connectivity index (χ1n) is 8.34. The quantitative estimate of drug-likeness (QED) is 0.752. The minimum atomic E-state index is -1.13. The van der Waals surface area contributed by atoms with Gasteiger partial charge < -0.3 is 10.4 Å². The number of β-lactam (4-membered cyclic amide) rings is 1. The van der Waals surface area contributed by atoms with Crippen molar-refractivity contribution in [3.8, 4) is 0 Å². The highest BCUT2D eigenvalue weighted by Crippen LogP contribution is 2.43. The van der Waals surface area contributed by atoms with E-state index in [4.69, 9.17) is 0 Å². The number of carboxylic acid groups (broad SMARTS) is 1. The Morgan fingerprint density at radius 3 is 2.63 bits per heavy atom. The van der Waals surface area contributed by atoms with E-state index < -0.39 is 12.0 Å². The Morgan fingerprint density at radius 1 is 1.19 bits per heavy atom. The number of hydrogen-bond acceptors (Lipinski definition) is 5. The lowest BCUT2D eigenvalue weighted by molar-refractivity contribution is -0.150. The van der Waals surface area contributed by atoms with Crippen LogP contribution in [-0.2, 0) is 20.8 Å². The average Bonchev–Trinajstić information content (AvgIpc) is 3.18. The molecular weight excluding hydrogens is 384 g/mol. The summed E-state index contributed by atoms with van der Waals surface area (Å²) in [7, 11) is 0. The fraction of sp³-hybridized carbons (Fsp3) is 0.211. The van der Waals surface area contributed by atoms with Gasteiger partial charge in [0.25, 0.3) is 5.91 Å². The third-order valence-electron chi connectivity index (χ3n) is 4.52. The molecule has 138 valence electrons. The van der Waals surface area contributed by atoms with E-state index in [1.165, 1.54) is 28.0 Å². The van der Waals surface area contributed by atoms with Crippen LogP contribution < -0.4 is 5.32 Å². The summed E-state index contributed by atoms with van der Waals surface area (Å²) in [5.41, 5.74) is 1.43. The van der Waals surface area contributed by atoms with Crippen molar-refractivity contribution in [2.45, 2.75) is 17.8 Å². The highest BCUT2D eigenvalue weighted by Gasteiger charge is 2.54. The predicted octanol–water partition coefficient (Wildman–Crippen LogP) is 2.19. The highest BCUT2D eigenvalue weighted by atomic mass is 32.2. The van der Waals surface area contributed by atoms with Crippen molar-refractivity contribution in [1.29, 1.82) is 0 Å². The molecule has 1 fully saturated rings. The van der Waals surface area contributed by atoms with Crippen LogP contribution >= 0.6 is 23.1 Å². The van der Waals surface area contributed by atoms with Crippen molar-refractivity contribution < 1.29 is 19.5 Å². The van der Waals surface area contributed by atoms with Crippen LogP contribution in [0, 0.1) is 0 Å². The molecule has 1 saturated heterocycles. The SMILES string of the molecule is O=C(Cc1cccs1)NC1C(=O)N2C(C(=O)O)=C(c3ccccc3)CS[C@H]12. The summed E-state index contributed by atoms with van der Waals surface area (Å²) >= 11 is 2.95. The number of nitrogens with one attached hydrogen (secondary N) is 1. The third kappa shape index (κ3) is 3.26. The van der Waals surface area contributed by atoms with E-state index >= 15 is 0 Å². The maximum absolute atomic E-state index is 12.6. The molecule has 3 heterocycles. The van der Waals surface area contributed by atoms with Crippen molar-refractivity contribution in [2.24, 2.45) is 0 Å². The number of amides is 2. The van der Waals surface area contributed by atoms with Gasteiger partial charge in [-0.1, -0.05) is 36.4 Å². The normalized spacial score (nSPS) is 21.5. The van der Waals surface area contributed by atoms with Crippen LogP contribution in [0.4, 0.5) is 0 Å². The molecule has 0 bridgehead atoms. The fourth-order valence-electron chi connectivity index (χ4n) is 3.28. The molecular formula is C19H16N2O4S2. The Labute approximate surface area is 163 Å². The number of rotatable bonds is 5. The zero-order valence-corrected chi connectivity index (χ0v) is 15.8. The maximum atomic E-state index is 12.6. The van der Waals surface area contributed by atoms with Crippen molar-refractivity contribution >= 4 is 46.5 Å². The number of nitrogens with zero attached hydrogens (tertiary/aromatic N) is 1. The molecule has 2 aromatic rings. The number of thiophene rings is 1. The molecule has 6 nitrogen and oxygen atoms in total. The van der Waals surface area contributed by atoms with Gasteiger partial charge in [-0.25, -0.2) is 4.79 Å². The summed E-state index contributed by atoms with van der Waals surface area (Å²) in [6, 6.07) is 12.3. The smallest absolute Gasteiger partial charge is 0.352 e. The van der Waals surface area contributed by atoms with Gasteiger partial charge in [-0.05, 0) is 17.0 Å². The van der Waals surface area contributed by atoms with E-state index in [1.54, 1.807) is 0 Å². The average molecular weight is 400 g/mol. The number of carbonyl (C=O) groups is 3. The second-order valence-electron chi connectivity index (χ2n) is 6.21. The molecule has 0 spiro atoms. The van der Waals surface area contributed by atoms with Crippen LogP contribution in [0.3, 0.4) is 0 Å². The second kappa shape index (κ2) is 7.21. The molecule has 2 aliphatic heterocycles. The summed E-state index contributed by atoms with van der Waals surface area (Å²) in [6.45, 7) is 0. The minimum Gasteiger partial charge on any atom is -0.477 e. The van der Waals surface area contributed by atoms with E-state index in [9.17, 15) is 19.5 Å². The third-order valence-corrected chi connectivity index (χ3v) is 6.68. The summed E-state index contributed by atoms with van der Waals surface area (Å²) in [5, 5.41) is 14.0. The number of hydrogen-bond donors (Lipinski definition) is 2. The van der Waals surface area contributed by atoms with E-state index in [-0.39, 0.29) is 29.3 Å². The number of thioether (sulfide) groups is 1. The van der Waals surface area contributed by atoms with Crippen LogP contribution in [0.25, 0.3) is 5.57 Å². The van der Waals surface area contributed by atoms with Crippen LogP contribution in [0.1, 0.15) is 10.4 Å². The van der Waals surface area contributed by atoms with E-state index in [0.29, 0.717) is 11.3 Å². The van der Waals surface area contributed by atoms with Crippen molar-refractivity contribution in [2.75, 3.05) is 5.75 Å². The van der Waals surface area contributed by atoms with Crippen molar-refractivity contribution in [1.82, 2.24) is 10.2 Å². The molecule has 0 aliphatic carbocycles. The van der Waals surface area contributed by atoms with Crippen LogP contribution in [-0.4, -0.2) is 45.0 Å². The van der Waals surface area contributed by atoms with Gasteiger partial charge in [0, 0.05) is 16.2 Å². The molecule has 2 aliphatic rings. The van der Waals surface area contributed by atoms with Gasteiger partial charge in [0.15, 0.2) is 0 Å². The van der Waals surface area contributed by atoms with Crippen LogP contribution in [0.15, 0.2) is 53.5 Å². The van der Waals surface area contributed by atoms with E-state index in [2.05, 4.69) is 5.32 Å². The standard InChI is InChI=1S/C19H16N2O4S2/c22-14(9-12-7-4-8-26-12)20-15-17(23)21-16(19(24)25)13(10-27-18(15)21)11-5-2-1-3-6-11/h1-8,15,18H,9-10H2,(H,20,22)(H,24,25)/t15?,18-/m1/s1. The lowest BCUT2D eigenvalue weighted by Crippen LogP contribution is -2.70. The number of carboxylic acids is 1. The molecule has 0 saturated carbocycles. The van der Waals surface area contributed by atoms with Gasteiger partial charge in [-0.15, -0.1) is 23.1 Å². The van der Waals surface area contributed by atoms with E-state index in [0.717, 1.165) is 10.4 Å². The molecule has 8 heteroatoms. The maximum Gasteiger partial charge on any atom is 0.352 e. The number of fused-ring (bicyclic) bond motifs is 1. The first-order chi connectivity index (χ1) is 13.1. The van der Waals surface area contributed by atoms with Crippen molar-refractivity contribution in [3.05, 3.63) is 64.0 Å². The highest BCUT2D eigenvalue weighted by molar-refractivity contribution is 8.00. The second-order valence-corrected chi connectivity index (χ2v) is 8.35. The molecule has 2 atom stereocenters. The topological polar surface area (TPSA) is 86.7 Å². The first-order valence-corrected chi connectivity index (χ1v) is 10.3. The Kier molecular flexibility index (Phi) is 4.75. The summed E-state index contributed by atoms with van der Waals surface area (Å²) in [6.07, 6.45) is 0.218. The molecule has 1 unspecified atom stereocenters. The molecule has 4 rings (SSSR count). The summed E-state index contributed by atoms with van der Waals surface area (Å²) in [4.78, 5) is 38.9. The van der Waals surface area contributed by atoms with Gasteiger partial charge >= 0.3 is 5.97 Å². The van der Waals surface area contributed by atoms with Gasteiger partial charge in [0.2, 0.25) is 5.91 Å². The lowest BCUT2D eigenvalue weighted by Gasteiger charge is -2.49. The summed E-state index contributed by atoms with van der Waals surface area (Å²) in [5.74, 6) is -1.27. The summed E-state index contributed by atoms with van der Waals surface area (Å²) < 4.78 is 0. The molecule has 0 radical (unpaired) electrons. The largest absolute Gasteiger partial charge is 0.477 e. The Hall–Kier alpha value is -2.58. The Balaban J connectivity index is 1.54. The predicted molar refractivity (Wildman–Crippen MR) is 104 cm³/mol.